The molecule has 0 aromatic carbocycles. The van der Waals surface area contributed by atoms with E-state index in [0.29, 0.717) is 19.1 Å². The Morgan fingerprint density at radius 2 is 2.05 bits per heavy atom. The minimum Gasteiger partial charge on any atom is -0.481 e. The summed E-state index contributed by atoms with van der Waals surface area (Å²) >= 11 is 0. The topological polar surface area (TPSA) is 78.9 Å². The van der Waals surface area contributed by atoms with E-state index in [4.69, 9.17) is 9.84 Å². The van der Waals surface area contributed by atoms with E-state index in [2.05, 4.69) is 5.32 Å². The molecule has 114 valence electrons. The molecule has 0 aromatic heterocycles. The molecule has 2 fully saturated rings. The third-order valence-electron chi connectivity index (χ3n) is 3.86. The number of carbonyl (C=O) groups is 2. The lowest BCUT2D eigenvalue weighted by atomic mass is 10.1. The number of nitrogens with zero attached hydrogens (tertiary/aromatic N) is 1. The van der Waals surface area contributed by atoms with Crippen molar-refractivity contribution in [1.82, 2.24) is 10.2 Å². The zero-order valence-corrected chi connectivity index (χ0v) is 12.0. The number of nitrogens with one attached hydrogen (secondary N) is 1. The molecule has 0 bridgehead atoms. The van der Waals surface area contributed by atoms with Crippen LogP contribution in [0.4, 0.5) is 4.79 Å². The van der Waals surface area contributed by atoms with Gasteiger partial charge in [-0.2, -0.15) is 0 Å². The van der Waals surface area contributed by atoms with Crippen molar-refractivity contribution in [2.45, 2.75) is 38.1 Å². The first kappa shape index (κ1) is 15.1. The molecule has 2 aliphatic carbocycles. The van der Waals surface area contributed by atoms with Crippen LogP contribution < -0.4 is 5.32 Å². The molecule has 2 N–H and O–H groups in total. The van der Waals surface area contributed by atoms with Crippen molar-refractivity contribution >= 4 is 12.0 Å². The number of carboxylic acid groups (broad SMARTS) is 1. The lowest BCUT2D eigenvalue weighted by Crippen LogP contribution is -2.45. The highest BCUT2D eigenvalue weighted by molar-refractivity contribution is 5.75. The summed E-state index contributed by atoms with van der Waals surface area (Å²) in [6, 6.07) is -0.451. The molecular formula is C14H24N2O4. The number of carbonyl (C=O) groups excluding carboxylic acids is 1. The predicted octanol–water partition coefficient (Wildman–Crippen LogP) is 1.31. The molecule has 0 heterocycles. The normalized spacial score (nSPS) is 19.4. The third-order valence-corrected chi connectivity index (χ3v) is 3.86. The summed E-state index contributed by atoms with van der Waals surface area (Å²) < 4.78 is 5.49. The average molecular weight is 284 g/mol. The largest absolute Gasteiger partial charge is 0.481 e. The van der Waals surface area contributed by atoms with Crippen LogP contribution in [-0.4, -0.2) is 54.9 Å². The fraction of sp³-hybridized carbons (Fsp3) is 0.857. The minimum absolute atomic E-state index is 0.00241. The van der Waals surface area contributed by atoms with Crippen LogP contribution in [0, 0.1) is 11.8 Å². The molecule has 6 heteroatoms. The lowest BCUT2D eigenvalue weighted by Gasteiger charge is -2.22. The highest BCUT2D eigenvalue weighted by Gasteiger charge is 2.34. The summed E-state index contributed by atoms with van der Waals surface area (Å²) in [5, 5.41) is 11.7. The third kappa shape index (κ3) is 5.36. The van der Waals surface area contributed by atoms with Gasteiger partial charge in [-0.25, -0.2) is 4.79 Å². The van der Waals surface area contributed by atoms with E-state index in [9.17, 15) is 9.59 Å². The second kappa shape index (κ2) is 6.92. The number of likely N-dealkylation sites (N-methyl/N-ethyl adjacent to an activating group) is 1. The highest BCUT2D eigenvalue weighted by Crippen LogP contribution is 2.34. The number of ether oxygens (including phenoxy) is 1. The smallest absolute Gasteiger partial charge is 0.317 e. The fourth-order valence-corrected chi connectivity index (χ4v) is 2.13. The van der Waals surface area contributed by atoms with Gasteiger partial charge in [0.2, 0.25) is 0 Å². The van der Waals surface area contributed by atoms with E-state index >= 15 is 0 Å². The van der Waals surface area contributed by atoms with Crippen LogP contribution in [0.1, 0.15) is 32.1 Å². The van der Waals surface area contributed by atoms with E-state index < -0.39 is 5.97 Å². The standard InChI is InChI=1S/C14H24N2O4/c1-16(6-7-20-9-10-2-3-10)14(19)15-12(8-13(17)18)11-4-5-11/h10-12H,2-9H2,1H3,(H,15,19)(H,17,18). The fourth-order valence-electron chi connectivity index (χ4n) is 2.13. The molecule has 20 heavy (non-hydrogen) atoms. The Kier molecular flexibility index (Phi) is 5.23. The SMILES string of the molecule is CN(CCOCC1CC1)C(=O)NC(CC(=O)O)C1CC1. The molecule has 0 spiro atoms. The summed E-state index contributed by atoms with van der Waals surface area (Å²) in [5.41, 5.74) is 0. The molecular weight excluding hydrogens is 260 g/mol. The zero-order chi connectivity index (χ0) is 14.5. The predicted molar refractivity (Wildman–Crippen MR) is 73.5 cm³/mol. The quantitative estimate of drug-likeness (QED) is 0.626. The summed E-state index contributed by atoms with van der Waals surface area (Å²) in [5.74, 6) is 0.191. The Morgan fingerprint density at radius 3 is 2.60 bits per heavy atom. The Hall–Kier alpha value is -1.30. The van der Waals surface area contributed by atoms with Crippen LogP contribution in [0.15, 0.2) is 0 Å². The van der Waals surface area contributed by atoms with Gasteiger partial charge in [0.1, 0.15) is 0 Å². The molecule has 1 unspecified atom stereocenters. The molecule has 0 aromatic rings. The maximum Gasteiger partial charge on any atom is 0.317 e. The maximum atomic E-state index is 12.0. The summed E-state index contributed by atoms with van der Waals surface area (Å²) in [4.78, 5) is 24.3. The number of hydrogen-bond acceptors (Lipinski definition) is 3. The Morgan fingerprint density at radius 1 is 1.35 bits per heavy atom. The van der Waals surface area contributed by atoms with Gasteiger partial charge in [-0.15, -0.1) is 0 Å². The highest BCUT2D eigenvalue weighted by atomic mass is 16.5. The van der Waals surface area contributed by atoms with E-state index in [1.807, 2.05) is 0 Å². The monoisotopic (exact) mass is 284 g/mol. The molecule has 0 radical (unpaired) electrons. The van der Waals surface area contributed by atoms with Crippen molar-refractivity contribution in [1.29, 1.82) is 0 Å². The van der Waals surface area contributed by atoms with Gasteiger partial charge in [-0.05, 0) is 37.5 Å². The molecule has 2 saturated carbocycles. The molecule has 2 amide bonds. The minimum atomic E-state index is -0.863. The molecule has 0 saturated heterocycles. The van der Waals surface area contributed by atoms with Crippen LogP contribution >= 0.6 is 0 Å². The summed E-state index contributed by atoms with van der Waals surface area (Å²) in [7, 11) is 1.71. The zero-order valence-electron chi connectivity index (χ0n) is 12.0. The van der Waals surface area contributed by atoms with Gasteiger partial charge in [0.15, 0.2) is 0 Å². The molecule has 2 aliphatic rings. The number of rotatable bonds is 9. The Labute approximate surface area is 119 Å². The number of amides is 2. The maximum absolute atomic E-state index is 12.0. The molecule has 0 aliphatic heterocycles. The summed E-state index contributed by atoms with van der Waals surface area (Å²) in [6.45, 7) is 1.86. The second-order valence-electron chi connectivity index (χ2n) is 5.93. The number of aliphatic carboxylic acids is 1. The van der Waals surface area contributed by atoms with Crippen LogP contribution in [0.25, 0.3) is 0 Å². The van der Waals surface area contributed by atoms with Crippen LogP contribution in [0.2, 0.25) is 0 Å². The van der Waals surface area contributed by atoms with Crippen molar-refractivity contribution in [2.75, 3.05) is 26.8 Å². The van der Waals surface area contributed by atoms with Crippen molar-refractivity contribution in [3.05, 3.63) is 0 Å². The Bertz CT molecular complexity index is 353. The van der Waals surface area contributed by atoms with Crippen molar-refractivity contribution in [3.63, 3.8) is 0 Å². The van der Waals surface area contributed by atoms with Gasteiger partial charge in [-0.3, -0.25) is 4.79 Å². The van der Waals surface area contributed by atoms with Crippen LogP contribution in [0.3, 0.4) is 0 Å². The van der Waals surface area contributed by atoms with Gasteiger partial charge < -0.3 is 20.1 Å². The van der Waals surface area contributed by atoms with Gasteiger partial charge >= 0.3 is 12.0 Å². The van der Waals surface area contributed by atoms with Gasteiger partial charge in [0.05, 0.1) is 13.0 Å². The molecule has 2 rings (SSSR count). The van der Waals surface area contributed by atoms with E-state index in [1.54, 1.807) is 11.9 Å². The van der Waals surface area contributed by atoms with Gasteiger partial charge in [0.25, 0.3) is 0 Å². The first-order valence-corrected chi connectivity index (χ1v) is 7.37. The average Bonchev–Trinajstić information content (AvgIpc) is 3.27. The van der Waals surface area contributed by atoms with Gasteiger partial charge in [0, 0.05) is 26.2 Å². The van der Waals surface area contributed by atoms with Crippen molar-refractivity contribution in [2.24, 2.45) is 11.8 Å². The first-order valence-electron chi connectivity index (χ1n) is 7.37. The van der Waals surface area contributed by atoms with Crippen molar-refractivity contribution < 1.29 is 19.4 Å². The van der Waals surface area contributed by atoms with Gasteiger partial charge in [-0.1, -0.05) is 0 Å². The van der Waals surface area contributed by atoms with Crippen LogP contribution in [-0.2, 0) is 9.53 Å². The van der Waals surface area contributed by atoms with E-state index in [-0.39, 0.29) is 18.5 Å². The summed E-state index contributed by atoms with van der Waals surface area (Å²) in [6.07, 6.45) is 4.53. The van der Waals surface area contributed by atoms with E-state index in [0.717, 1.165) is 25.4 Å². The lowest BCUT2D eigenvalue weighted by molar-refractivity contribution is -0.137. The Balaban J connectivity index is 1.63. The number of hydrogen-bond donors (Lipinski definition) is 2. The molecule has 6 nitrogen and oxygen atoms in total. The second-order valence-corrected chi connectivity index (χ2v) is 5.93. The number of urea groups is 1. The van der Waals surface area contributed by atoms with Crippen LogP contribution in [0.5, 0.6) is 0 Å². The van der Waals surface area contributed by atoms with E-state index in [1.165, 1.54) is 12.8 Å². The molecule has 1 atom stereocenters. The first-order chi connectivity index (χ1) is 9.56. The van der Waals surface area contributed by atoms with Crippen molar-refractivity contribution in [3.8, 4) is 0 Å². The number of carboxylic acids is 1.